The van der Waals surface area contributed by atoms with Crippen molar-refractivity contribution in [1.29, 1.82) is 0 Å². The molecule has 2 unspecified atom stereocenters. The number of carbonyl (C=O) groups excluding carboxylic acids is 1. The molecule has 2 atom stereocenters. The summed E-state index contributed by atoms with van der Waals surface area (Å²) in [6.45, 7) is 8.04. The number of alkyl halides is 1. The van der Waals surface area contributed by atoms with Crippen LogP contribution in [-0.4, -0.2) is 10.7 Å². The summed E-state index contributed by atoms with van der Waals surface area (Å²) in [5, 5.41) is 3.69. The van der Waals surface area contributed by atoms with Crippen LogP contribution in [-0.2, 0) is 4.79 Å². The minimum atomic E-state index is -0.209. The van der Waals surface area contributed by atoms with Crippen LogP contribution in [0.5, 0.6) is 0 Å². The second kappa shape index (κ2) is 6.07. The molecule has 18 heavy (non-hydrogen) atoms. The van der Waals surface area contributed by atoms with Crippen molar-refractivity contribution in [3.63, 3.8) is 0 Å². The van der Waals surface area contributed by atoms with Gasteiger partial charge >= 0.3 is 0 Å². The van der Waals surface area contributed by atoms with E-state index in [9.17, 15) is 4.79 Å². The summed E-state index contributed by atoms with van der Waals surface area (Å²) in [4.78, 5) is 11.8. The van der Waals surface area contributed by atoms with Gasteiger partial charge in [0.2, 0.25) is 5.91 Å². The van der Waals surface area contributed by atoms with Crippen molar-refractivity contribution in [3.8, 4) is 0 Å². The molecule has 1 amide bonds. The smallest absolute Gasteiger partial charge is 0.234 e. The average molecular weight is 333 g/mol. The molecule has 1 aromatic rings. The van der Waals surface area contributed by atoms with Gasteiger partial charge in [-0.3, -0.25) is 4.79 Å². The maximum Gasteiger partial charge on any atom is 0.234 e. The van der Waals surface area contributed by atoms with Crippen LogP contribution in [0.15, 0.2) is 24.3 Å². The van der Waals surface area contributed by atoms with Crippen molar-refractivity contribution in [2.45, 2.75) is 38.6 Å². The summed E-state index contributed by atoms with van der Waals surface area (Å²) in [7, 11) is 0. The van der Waals surface area contributed by atoms with Gasteiger partial charge in [-0.25, -0.2) is 0 Å². The summed E-state index contributed by atoms with van der Waals surface area (Å²) in [5.41, 5.74) is 0.936. The van der Waals surface area contributed by atoms with Crippen molar-refractivity contribution in [1.82, 2.24) is 5.32 Å². The van der Waals surface area contributed by atoms with E-state index in [1.807, 2.05) is 52.0 Å². The van der Waals surface area contributed by atoms with Crippen LogP contribution in [0.25, 0.3) is 0 Å². The largest absolute Gasteiger partial charge is 0.349 e. The van der Waals surface area contributed by atoms with Crippen LogP contribution in [0.1, 0.15) is 39.3 Å². The number of hydrogen-bond donors (Lipinski definition) is 1. The molecule has 0 aliphatic heterocycles. The van der Waals surface area contributed by atoms with E-state index in [0.29, 0.717) is 5.02 Å². The van der Waals surface area contributed by atoms with E-state index in [-0.39, 0.29) is 22.2 Å². The molecule has 0 saturated carbocycles. The Bertz CT molecular complexity index is 411. The highest BCUT2D eigenvalue weighted by atomic mass is 79.9. The summed E-state index contributed by atoms with van der Waals surface area (Å²) in [6, 6.07) is 7.47. The maximum atomic E-state index is 12.1. The van der Waals surface area contributed by atoms with E-state index in [0.717, 1.165) is 5.56 Å². The molecule has 0 radical (unpaired) electrons. The molecule has 0 fully saturated rings. The molecular weight excluding hydrogens is 314 g/mol. The zero-order valence-electron chi connectivity index (χ0n) is 11.1. The third-order valence-corrected chi connectivity index (χ3v) is 4.76. The second-order valence-corrected chi connectivity index (χ2v) is 6.86. The van der Waals surface area contributed by atoms with Crippen molar-refractivity contribution in [3.05, 3.63) is 34.9 Å². The molecule has 0 aromatic heterocycles. The van der Waals surface area contributed by atoms with Crippen LogP contribution >= 0.6 is 27.5 Å². The van der Waals surface area contributed by atoms with E-state index >= 15 is 0 Å². The molecule has 100 valence electrons. The Balaban J connectivity index is 2.68. The van der Waals surface area contributed by atoms with Gasteiger partial charge in [0.25, 0.3) is 0 Å². The first kappa shape index (κ1) is 15.5. The fraction of sp³-hybridized carbons (Fsp3) is 0.500. The van der Waals surface area contributed by atoms with Gasteiger partial charge in [0, 0.05) is 5.02 Å². The molecule has 1 N–H and O–H groups in total. The normalized spacial score (nSPS) is 15.0. The van der Waals surface area contributed by atoms with Gasteiger partial charge in [0.15, 0.2) is 0 Å². The predicted molar refractivity (Wildman–Crippen MR) is 80.2 cm³/mol. The molecule has 0 spiro atoms. The Morgan fingerprint density at radius 1 is 1.28 bits per heavy atom. The number of benzene rings is 1. The molecule has 1 aromatic carbocycles. The fourth-order valence-electron chi connectivity index (χ4n) is 1.51. The second-order valence-electron chi connectivity index (χ2n) is 5.51. The molecule has 0 aliphatic rings. The fourth-order valence-corrected chi connectivity index (χ4v) is 1.77. The van der Waals surface area contributed by atoms with E-state index in [2.05, 4.69) is 21.2 Å². The molecular formula is C14H19BrClNO. The lowest BCUT2D eigenvalue weighted by Crippen LogP contribution is -2.39. The first-order chi connectivity index (χ1) is 8.21. The van der Waals surface area contributed by atoms with Crippen LogP contribution in [0, 0.1) is 5.41 Å². The number of hydrogen-bond acceptors (Lipinski definition) is 1. The summed E-state index contributed by atoms with van der Waals surface area (Å²) < 4.78 is 0. The monoisotopic (exact) mass is 331 g/mol. The van der Waals surface area contributed by atoms with Gasteiger partial charge in [-0.1, -0.05) is 60.4 Å². The van der Waals surface area contributed by atoms with Gasteiger partial charge in [-0.05, 0) is 30.0 Å². The van der Waals surface area contributed by atoms with Crippen LogP contribution in [0.3, 0.4) is 0 Å². The van der Waals surface area contributed by atoms with Crippen molar-refractivity contribution in [2.24, 2.45) is 5.41 Å². The topological polar surface area (TPSA) is 29.1 Å². The summed E-state index contributed by atoms with van der Waals surface area (Å²) >= 11 is 9.28. The Morgan fingerprint density at radius 3 is 2.22 bits per heavy atom. The van der Waals surface area contributed by atoms with Gasteiger partial charge < -0.3 is 5.32 Å². The number of halogens is 2. The zero-order valence-corrected chi connectivity index (χ0v) is 13.5. The molecule has 0 saturated heterocycles. The first-order valence-corrected chi connectivity index (χ1v) is 7.21. The third kappa shape index (κ3) is 4.29. The summed E-state index contributed by atoms with van der Waals surface area (Å²) in [6.07, 6.45) is 0. The lowest BCUT2D eigenvalue weighted by molar-refractivity contribution is -0.122. The molecule has 2 nitrogen and oxygen atoms in total. The van der Waals surface area contributed by atoms with Gasteiger partial charge in [0.1, 0.15) is 0 Å². The van der Waals surface area contributed by atoms with E-state index in [4.69, 9.17) is 11.6 Å². The Morgan fingerprint density at radius 2 is 1.78 bits per heavy atom. The van der Waals surface area contributed by atoms with Gasteiger partial charge in [-0.15, -0.1) is 0 Å². The molecule has 0 heterocycles. The lowest BCUT2D eigenvalue weighted by Gasteiger charge is -2.26. The lowest BCUT2D eigenvalue weighted by atomic mass is 9.91. The molecule has 0 bridgehead atoms. The minimum Gasteiger partial charge on any atom is -0.349 e. The van der Waals surface area contributed by atoms with Crippen LogP contribution < -0.4 is 5.32 Å². The predicted octanol–water partition coefficient (Wildman–Crippen LogP) is 4.33. The number of carbonyl (C=O) groups is 1. The van der Waals surface area contributed by atoms with Gasteiger partial charge in [-0.2, -0.15) is 0 Å². The maximum absolute atomic E-state index is 12.1. The third-order valence-electron chi connectivity index (χ3n) is 2.72. The minimum absolute atomic E-state index is 0.00458. The number of nitrogens with one attached hydrogen (secondary N) is 1. The highest BCUT2D eigenvalue weighted by Crippen LogP contribution is 2.27. The van der Waals surface area contributed by atoms with Gasteiger partial charge in [0.05, 0.1) is 10.9 Å². The van der Waals surface area contributed by atoms with Crippen LogP contribution in [0.2, 0.25) is 5.02 Å². The highest BCUT2D eigenvalue weighted by molar-refractivity contribution is 9.10. The highest BCUT2D eigenvalue weighted by Gasteiger charge is 2.29. The van der Waals surface area contributed by atoms with E-state index in [1.54, 1.807) is 0 Å². The quantitative estimate of drug-likeness (QED) is 0.820. The molecule has 0 aliphatic carbocycles. The standard InChI is InChI=1S/C14H19BrClNO/c1-9(10-5-7-11(16)8-6-10)17-13(18)12(15)14(2,3)4/h5-9,12H,1-4H3,(H,17,18). The Kier molecular flexibility index (Phi) is 5.23. The SMILES string of the molecule is CC(NC(=O)C(Br)C(C)(C)C)c1ccc(Cl)cc1. The van der Waals surface area contributed by atoms with Crippen molar-refractivity contribution in [2.75, 3.05) is 0 Å². The Labute approximate surface area is 122 Å². The van der Waals surface area contributed by atoms with Crippen LogP contribution in [0.4, 0.5) is 0 Å². The summed E-state index contributed by atoms with van der Waals surface area (Å²) in [5.74, 6) is 0.00458. The van der Waals surface area contributed by atoms with E-state index < -0.39 is 0 Å². The first-order valence-electron chi connectivity index (χ1n) is 5.91. The van der Waals surface area contributed by atoms with E-state index in [1.165, 1.54) is 0 Å². The molecule has 1 rings (SSSR count). The van der Waals surface area contributed by atoms with Crippen molar-refractivity contribution < 1.29 is 4.79 Å². The number of rotatable bonds is 3. The molecule has 4 heteroatoms. The Hall–Kier alpha value is -0.540. The zero-order chi connectivity index (χ0) is 13.9. The average Bonchev–Trinajstić information content (AvgIpc) is 2.27. The number of amides is 1. The van der Waals surface area contributed by atoms with Crippen molar-refractivity contribution >= 4 is 33.4 Å².